The van der Waals surface area contributed by atoms with Gasteiger partial charge in [-0.25, -0.2) is 8.42 Å². The zero-order valence-electron chi connectivity index (χ0n) is 15.2. The van der Waals surface area contributed by atoms with Crippen molar-refractivity contribution in [2.75, 3.05) is 5.32 Å². The Balaban J connectivity index is 1.86. The van der Waals surface area contributed by atoms with E-state index < -0.39 is 8.87 Å². The molecule has 0 bridgehead atoms. The molecule has 1 N–H and O–H groups in total. The Kier molecular flexibility index (Phi) is 5.07. The minimum Gasteiger partial charge on any atom is -0.354 e. The van der Waals surface area contributed by atoms with Gasteiger partial charge in [-0.3, -0.25) is 0 Å². The molecule has 6 heteroatoms. The molecule has 4 aromatic rings. The molecule has 0 saturated heterocycles. The molecule has 1 aromatic heterocycles. The van der Waals surface area contributed by atoms with Crippen molar-refractivity contribution in [1.82, 2.24) is 0 Å². The molecule has 0 spiro atoms. The fourth-order valence-electron chi connectivity index (χ4n) is 3.05. The molecule has 0 saturated carbocycles. The first kappa shape index (κ1) is 18.5. The van der Waals surface area contributed by atoms with Gasteiger partial charge in [-0.15, -0.1) is 0 Å². The number of nitrogens with zero attached hydrogens (tertiary/aromatic N) is 1. The van der Waals surface area contributed by atoms with Crippen LogP contribution in [0.3, 0.4) is 0 Å². The second-order valence-corrected chi connectivity index (χ2v) is 10.1. The van der Waals surface area contributed by atoms with Crippen LogP contribution in [0.4, 0.5) is 11.4 Å². The highest BCUT2D eigenvalue weighted by molar-refractivity contribution is 8.72. The van der Waals surface area contributed by atoms with E-state index in [4.69, 9.17) is 0 Å². The Labute approximate surface area is 168 Å². The lowest BCUT2D eigenvalue weighted by Gasteiger charge is -2.13. The molecule has 0 fully saturated rings. The van der Waals surface area contributed by atoms with Crippen LogP contribution in [0.1, 0.15) is 0 Å². The summed E-state index contributed by atoms with van der Waals surface area (Å²) in [5.41, 5.74) is 2.70. The standard InChI is InChI=1S/C22H18N2O2S2/c1-24-16-21(27-28(25,26)18-12-6-3-7-13-18)22(19-14-8-9-15-20(19)24)23-17-10-4-2-5-11-17/h2-16H,1H3/p+1. The lowest BCUT2D eigenvalue weighted by Crippen LogP contribution is -2.29. The van der Waals surface area contributed by atoms with Gasteiger partial charge in [0.1, 0.15) is 11.9 Å². The molecule has 0 amide bonds. The highest BCUT2D eigenvalue weighted by Gasteiger charge is 2.23. The molecule has 1 heterocycles. The van der Waals surface area contributed by atoms with E-state index in [-0.39, 0.29) is 0 Å². The highest BCUT2D eigenvalue weighted by atomic mass is 33.1. The van der Waals surface area contributed by atoms with E-state index in [1.54, 1.807) is 24.3 Å². The number of benzene rings is 3. The molecule has 4 rings (SSSR count). The van der Waals surface area contributed by atoms with Gasteiger partial charge in [0.2, 0.25) is 14.4 Å². The second kappa shape index (κ2) is 7.66. The van der Waals surface area contributed by atoms with Crippen molar-refractivity contribution in [2.45, 2.75) is 9.79 Å². The van der Waals surface area contributed by atoms with Crippen molar-refractivity contribution in [1.29, 1.82) is 0 Å². The van der Waals surface area contributed by atoms with Gasteiger partial charge in [-0.1, -0.05) is 48.5 Å². The number of pyridine rings is 1. The van der Waals surface area contributed by atoms with E-state index in [0.29, 0.717) is 9.79 Å². The number of aryl methyl sites for hydroxylation is 1. The third-order valence-corrected chi connectivity index (χ3v) is 7.72. The SMILES string of the molecule is C[n+]1cc(SS(=O)(=O)c2ccccc2)c(Nc2ccccc2)c2ccccc21. The molecule has 3 aromatic carbocycles. The first-order valence-electron chi connectivity index (χ1n) is 8.77. The monoisotopic (exact) mass is 407 g/mol. The molecule has 0 atom stereocenters. The molecule has 28 heavy (non-hydrogen) atoms. The van der Waals surface area contributed by atoms with Crippen LogP contribution in [0.2, 0.25) is 0 Å². The van der Waals surface area contributed by atoms with Crippen molar-refractivity contribution < 1.29 is 13.0 Å². The average Bonchev–Trinajstić information content (AvgIpc) is 2.72. The van der Waals surface area contributed by atoms with Crippen LogP contribution in [0.25, 0.3) is 10.9 Å². The van der Waals surface area contributed by atoms with Gasteiger partial charge < -0.3 is 5.32 Å². The van der Waals surface area contributed by atoms with Gasteiger partial charge in [0.25, 0.3) is 0 Å². The molecular formula is C22H19N2O2S2+. The fourth-order valence-corrected chi connectivity index (χ4v) is 6.03. The van der Waals surface area contributed by atoms with Crippen LogP contribution < -0.4 is 9.88 Å². The van der Waals surface area contributed by atoms with E-state index in [1.807, 2.05) is 78.5 Å². The minimum atomic E-state index is -3.55. The van der Waals surface area contributed by atoms with Crippen LogP contribution in [-0.4, -0.2) is 8.42 Å². The van der Waals surface area contributed by atoms with Gasteiger partial charge in [0.05, 0.1) is 16.0 Å². The zero-order valence-corrected chi connectivity index (χ0v) is 16.9. The zero-order chi connectivity index (χ0) is 19.6. The van der Waals surface area contributed by atoms with E-state index in [2.05, 4.69) is 5.32 Å². The Hall–Kier alpha value is -2.83. The van der Waals surface area contributed by atoms with Gasteiger partial charge in [-0.05, 0) is 30.3 Å². The molecular weight excluding hydrogens is 388 g/mol. The number of para-hydroxylation sites is 2. The maximum atomic E-state index is 13.0. The molecule has 4 nitrogen and oxygen atoms in total. The van der Waals surface area contributed by atoms with Crippen LogP contribution in [0.5, 0.6) is 0 Å². The predicted molar refractivity (Wildman–Crippen MR) is 114 cm³/mol. The first-order chi connectivity index (χ1) is 13.5. The van der Waals surface area contributed by atoms with Crippen molar-refractivity contribution >= 4 is 41.9 Å². The average molecular weight is 408 g/mol. The molecule has 0 unspecified atom stereocenters. The Morgan fingerprint density at radius 3 is 2.14 bits per heavy atom. The van der Waals surface area contributed by atoms with Gasteiger partial charge in [0, 0.05) is 22.5 Å². The van der Waals surface area contributed by atoms with Crippen molar-refractivity contribution in [3.05, 3.63) is 91.1 Å². The number of hydrogen-bond acceptors (Lipinski definition) is 4. The highest BCUT2D eigenvalue weighted by Crippen LogP contribution is 2.39. The summed E-state index contributed by atoms with van der Waals surface area (Å²) < 4.78 is 27.9. The maximum Gasteiger partial charge on any atom is 0.234 e. The largest absolute Gasteiger partial charge is 0.354 e. The van der Waals surface area contributed by atoms with E-state index >= 15 is 0 Å². The summed E-state index contributed by atoms with van der Waals surface area (Å²) in [4.78, 5) is 0.940. The van der Waals surface area contributed by atoms with Gasteiger partial charge in [-0.2, -0.15) is 4.57 Å². The third kappa shape index (κ3) is 3.74. The second-order valence-electron chi connectivity index (χ2n) is 6.34. The lowest BCUT2D eigenvalue weighted by molar-refractivity contribution is -0.646. The van der Waals surface area contributed by atoms with Gasteiger partial charge in [0.15, 0.2) is 6.20 Å². The van der Waals surface area contributed by atoms with Crippen LogP contribution >= 0.6 is 10.8 Å². The summed E-state index contributed by atoms with van der Waals surface area (Å²) in [5.74, 6) is 0. The van der Waals surface area contributed by atoms with Crippen molar-refractivity contribution in [2.24, 2.45) is 7.05 Å². The predicted octanol–water partition coefficient (Wildman–Crippen LogP) is 4.89. The smallest absolute Gasteiger partial charge is 0.234 e. The summed E-state index contributed by atoms with van der Waals surface area (Å²) in [6, 6.07) is 26.2. The van der Waals surface area contributed by atoms with Crippen molar-refractivity contribution in [3.8, 4) is 0 Å². The molecule has 0 aliphatic heterocycles. The van der Waals surface area contributed by atoms with Crippen LogP contribution in [-0.2, 0) is 15.9 Å². The van der Waals surface area contributed by atoms with Crippen LogP contribution in [0.15, 0.2) is 101 Å². The summed E-state index contributed by atoms with van der Waals surface area (Å²) in [7, 11) is -0.763. The van der Waals surface area contributed by atoms with Crippen LogP contribution in [0, 0.1) is 0 Å². The number of fused-ring (bicyclic) bond motifs is 1. The summed E-state index contributed by atoms with van der Waals surface area (Å²) in [6.45, 7) is 0. The normalized spacial score (nSPS) is 11.5. The topological polar surface area (TPSA) is 50.0 Å². The number of anilines is 2. The summed E-state index contributed by atoms with van der Waals surface area (Å²) in [5, 5.41) is 4.38. The fraction of sp³-hybridized carbons (Fsp3) is 0.0455. The first-order valence-corrected chi connectivity index (χ1v) is 11.6. The quantitative estimate of drug-likeness (QED) is 0.378. The third-order valence-electron chi connectivity index (χ3n) is 4.39. The molecule has 140 valence electrons. The lowest BCUT2D eigenvalue weighted by atomic mass is 10.1. The Morgan fingerprint density at radius 1 is 0.821 bits per heavy atom. The molecule has 0 aliphatic carbocycles. The molecule has 0 aliphatic rings. The maximum absolute atomic E-state index is 13.0. The summed E-state index contributed by atoms with van der Waals surface area (Å²) in [6.07, 6.45) is 1.86. The van der Waals surface area contributed by atoms with E-state index in [9.17, 15) is 8.42 Å². The minimum absolute atomic E-state index is 0.293. The Bertz CT molecular complexity index is 1230. The van der Waals surface area contributed by atoms with E-state index in [0.717, 1.165) is 33.1 Å². The van der Waals surface area contributed by atoms with E-state index in [1.165, 1.54) is 0 Å². The number of hydrogen-bond donors (Lipinski definition) is 1. The van der Waals surface area contributed by atoms with Gasteiger partial charge >= 0.3 is 0 Å². The number of nitrogens with one attached hydrogen (secondary N) is 1. The van der Waals surface area contributed by atoms with Crippen molar-refractivity contribution in [3.63, 3.8) is 0 Å². The number of aromatic nitrogens is 1. The molecule has 0 radical (unpaired) electrons. The Morgan fingerprint density at radius 2 is 1.43 bits per heavy atom. The number of rotatable bonds is 5. The summed E-state index contributed by atoms with van der Waals surface area (Å²) >= 11 is 0.